The number of para-hydroxylation sites is 2. The van der Waals surface area contributed by atoms with Crippen LogP contribution in [0.25, 0.3) is 21.8 Å². The van der Waals surface area contributed by atoms with Crippen molar-refractivity contribution in [3.8, 4) is 0 Å². The molecule has 4 aromatic rings. The first kappa shape index (κ1) is 22.0. The number of pyridine rings is 2. The van der Waals surface area contributed by atoms with Crippen molar-refractivity contribution >= 4 is 40.9 Å². The third-order valence-corrected chi connectivity index (χ3v) is 3.02. The molecule has 0 aliphatic heterocycles. The van der Waals surface area contributed by atoms with Crippen molar-refractivity contribution in [1.82, 2.24) is 9.97 Å². The van der Waals surface area contributed by atoms with Gasteiger partial charge in [0.25, 0.3) is 0 Å². The van der Waals surface area contributed by atoms with Gasteiger partial charge in [-0.2, -0.15) is 5.10 Å². The quantitative estimate of drug-likeness (QED) is 0.296. The van der Waals surface area contributed by atoms with E-state index in [9.17, 15) is 0 Å². The van der Waals surface area contributed by atoms with Crippen LogP contribution < -0.4 is 5.84 Å². The van der Waals surface area contributed by atoms with Crippen molar-refractivity contribution in [3.63, 3.8) is 0 Å². The van der Waals surface area contributed by atoms with Crippen LogP contribution in [0.15, 0.2) is 90.3 Å². The van der Waals surface area contributed by atoms with Gasteiger partial charge >= 0.3 is 0 Å². The maximum Gasteiger partial charge on any atom is 0.0701 e. The van der Waals surface area contributed by atoms with Crippen LogP contribution in [0.4, 0.5) is 0 Å². The fourth-order valence-corrected chi connectivity index (χ4v) is 2.03. The number of nitrogens with two attached hydrogens (primary N) is 1. The van der Waals surface area contributed by atoms with E-state index >= 15 is 0 Å². The van der Waals surface area contributed by atoms with Crippen LogP contribution >= 0.6 is 12.4 Å². The minimum atomic E-state index is 0. The van der Waals surface area contributed by atoms with E-state index in [-0.39, 0.29) is 17.9 Å². The molecule has 130 valence electrons. The first-order valence-electron chi connectivity index (χ1n) is 7.10. The van der Waals surface area contributed by atoms with Crippen molar-refractivity contribution < 1.29 is 5.48 Å². The van der Waals surface area contributed by atoms with Crippen LogP contribution in [-0.4, -0.2) is 22.2 Å². The molecule has 4 N–H and O–H groups in total. The average Bonchev–Trinajstić information content (AvgIpc) is 2.63. The van der Waals surface area contributed by atoms with Gasteiger partial charge in [-0.15, -0.1) is 12.4 Å². The Labute approximate surface area is 153 Å². The van der Waals surface area contributed by atoms with Gasteiger partial charge in [0, 0.05) is 29.9 Å². The average molecular weight is 357 g/mol. The molecule has 2 aromatic carbocycles. The highest BCUT2D eigenvalue weighted by Crippen LogP contribution is 2.08. The Kier molecular flexibility index (Phi) is 10.9. The van der Waals surface area contributed by atoms with E-state index in [0.717, 1.165) is 11.0 Å². The van der Waals surface area contributed by atoms with Gasteiger partial charge in [0.1, 0.15) is 0 Å². The molecular weight excluding hydrogens is 336 g/mol. The Morgan fingerprint density at radius 3 is 1.36 bits per heavy atom. The summed E-state index contributed by atoms with van der Waals surface area (Å²) in [5.41, 5.74) is 2.12. The molecule has 0 amide bonds. The van der Waals surface area contributed by atoms with Crippen LogP contribution in [0.3, 0.4) is 0 Å². The number of rotatable bonds is 0. The van der Waals surface area contributed by atoms with Gasteiger partial charge in [0.15, 0.2) is 0 Å². The van der Waals surface area contributed by atoms with Gasteiger partial charge in [-0.25, -0.2) is 0 Å². The van der Waals surface area contributed by atoms with Crippen LogP contribution in [0, 0.1) is 0 Å². The molecule has 0 saturated carbocycles. The molecule has 25 heavy (non-hydrogen) atoms. The maximum atomic E-state index is 4.36. The van der Waals surface area contributed by atoms with Crippen molar-refractivity contribution in [2.24, 2.45) is 10.9 Å². The van der Waals surface area contributed by atoms with E-state index in [0.29, 0.717) is 0 Å². The zero-order chi connectivity index (χ0) is 16.3. The molecule has 0 unspecified atom stereocenters. The summed E-state index contributed by atoms with van der Waals surface area (Å²) in [5.74, 6) is 4.36. The van der Waals surface area contributed by atoms with Gasteiger partial charge in [-0.3, -0.25) is 9.97 Å². The monoisotopic (exact) mass is 356 g/mol. The van der Waals surface area contributed by atoms with E-state index in [4.69, 9.17) is 0 Å². The molecule has 0 aliphatic rings. The lowest BCUT2D eigenvalue weighted by molar-refractivity contribution is 0.824. The molecule has 4 rings (SSSR count). The number of hydrogen-bond donors (Lipinski definition) is 1. The van der Waals surface area contributed by atoms with Gasteiger partial charge < -0.3 is 11.3 Å². The summed E-state index contributed by atoms with van der Waals surface area (Å²) in [6, 6.07) is 24.2. The van der Waals surface area contributed by atoms with Crippen LogP contribution in [0.2, 0.25) is 0 Å². The number of halogens is 1. The molecule has 2 heterocycles. The lowest BCUT2D eigenvalue weighted by Gasteiger charge is -1.91. The summed E-state index contributed by atoms with van der Waals surface area (Å²) in [6.45, 7) is 2.89. The maximum absolute atomic E-state index is 4.36. The summed E-state index contributed by atoms with van der Waals surface area (Å²) in [7, 11) is 0. The molecule has 0 aliphatic carbocycles. The molecule has 2 aromatic heterocycles. The third kappa shape index (κ3) is 6.95. The van der Waals surface area contributed by atoms with Gasteiger partial charge in [0.05, 0.1) is 11.0 Å². The summed E-state index contributed by atoms with van der Waals surface area (Å²) in [6.07, 6.45) is 3.62. The Morgan fingerprint density at radius 1 is 0.680 bits per heavy atom. The summed E-state index contributed by atoms with van der Waals surface area (Å²) in [4.78, 5) is 8.36. The Hall–Kier alpha value is -3.02. The first-order chi connectivity index (χ1) is 11.3. The predicted octanol–water partition coefficient (Wildman–Crippen LogP) is 3.63. The fraction of sp³-hybridized carbons (Fsp3) is 0. The topological polar surface area (TPSA) is 95.7 Å². The molecular formula is C19H21ClN4O. The smallest absolute Gasteiger partial charge is 0.0701 e. The molecule has 0 atom stereocenters. The molecule has 0 radical (unpaired) electrons. The Morgan fingerprint density at radius 2 is 1.00 bits per heavy atom. The van der Waals surface area contributed by atoms with E-state index in [2.05, 4.69) is 51.9 Å². The predicted molar refractivity (Wildman–Crippen MR) is 108 cm³/mol. The summed E-state index contributed by atoms with van der Waals surface area (Å²) < 4.78 is 0. The van der Waals surface area contributed by atoms with Gasteiger partial charge in [-0.05, 0) is 24.3 Å². The first-order valence-corrected chi connectivity index (χ1v) is 7.10. The number of hydrazone groups is 1. The van der Waals surface area contributed by atoms with E-state index < -0.39 is 0 Å². The van der Waals surface area contributed by atoms with Crippen LogP contribution in [0.1, 0.15) is 0 Å². The van der Waals surface area contributed by atoms with Crippen molar-refractivity contribution in [3.05, 3.63) is 85.2 Å². The Balaban J connectivity index is 0.000000374. The summed E-state index contributed by atoms with van der Waals surface area (Å²) >= 11 is 0. The normalized spacial score (nSPS) is 8.48. The lowest BCUT2D eigenvalue weighted by atomic mass is 10.2. The molecule has 0 saturated heterocycles. The highest BCUT2D eigenvalue weighted by atomic mass is 35.5. The highest BCUT2D eigenvalue weighted by Gasteiger charge is 1.87. The third-order valence-electron chi connectivity index (χ3n) is 3.02. The van der Waals surface area contributed by atoms with E-state index in [1.54, 1.807) is 0 Å². The highest BCUT2D eigenvalue weighted by molar-refractivity contribution is 5.85. The SMILES string of the molecule is C=NN.Cl.O.c1ccc2ncccc2c1.c1ccc2ncccc2c1. The zero-order valence-electron chi connectivity index (χ0n) is 13.6. The lowest BCUT2D eigenvalue weighted by Crippen LogP contribution is -1.73. The minimum absolute atomic E-state index is 0. The molecule has 0 spiro atoms. The Bertz CT molecular complexity index is 684. The molecule has 0 bridgehead atoms. The van der Waals surface area contributed by atoms with Crippen LogP contribution in [-0.2, 0) is 0 Å². The number of aromatic nitrogens is 2. The summed E-state index contributed by atoms with van der Waals surface area (Å²) in [5, 5.41) is 5.15. The fourth-order valence-electron chi connectivity index (χ4n) is 2.03. The van der Waals surface area contributed by atoms with Gasteiger partial charge in [0.2, 0.25) is 0 Å². The van der Waals surface area contributed by atoms with E-state index in [1.807, 2.05) is 60.9 Å². The second-order valence-electron chi connectivity index (χ2n) is 4.57. The molecule has 6 heteroatoms. The standard InChI is InChI=1S/2C9H7N.CH4N2.ClH.H2O/c2*1-2-6-9-8(4-1)5-3-7-10-9;1-3-2;;/h2*1-7H;1-2H2;1H;1H2. The van der Waals surface area contributed by atoms with E-state index in [1.165, 1.54) is 10.8 Å². The molecule has 5 nitrogen and oxygen atoms in total. The van der Waals surface area contributed by atoms with Crippen molar-refractivity contribution in [2.75, 3.05) is 0 Å². The minimum Gasteiger partial charge on any atom is -0.412 e. The van der Waals surface area contributed by atoms with Crippen molar-refractivity contribution in [2.45, 2.75) is 0 Å². The number of benzene rings is 2. The zero-order valence-corrected chi connectivity index (χ0v) is 14.4. The molecule has 0 fully saturated rings. The number of fused-ring (bicyclic) bond motifs is 2. The van der Waals surface area contributed by atoms with Crippen molar-refractivity contribution in [1.29, 1.82) is 0 Å². The van der Waals surface area contributed by atoms with Gasteiger partial charge in [-0.1, -0.05) is 48.5 Å². The van der Waals surface area contributed by atoms with Crippen LogP contribution in [0.5, 0.6) is 0 Å². The number of hydrogen-bond acceptors (Lipinski definition) is 4. The number of nitrogens with zero attached hydrogens (tertiary/aromatic N) is 3. The largest absolute Gasteiger partial charge is 0.412 e. The second-order valence-corrected chi connectivity index (χ2v) is 4.57. The second kappa shape index (κ2) is 12.4.